The van der Waals surface area contributed by atoms with E-state index in [2.05, 4.69) is 25.9 Å². The highest BCUT2D eigenvalue weighted by Crippen LogP contribution is 2.38. The topological polar surface area (TPSA) is 166 Å². The molecule has 13 heteroatoms. The average molecular weight is 528 g/mol. The van der Waals surface area contributed by atoms with E-state index in [-0.39, 0.29) is 22.9 Å². The minimum absolute atomic E-state index is 0.0726. The van der Waals surface area contributed by atoms with Gasteiger partial charge in [0.15, 0.2) is 17.3 Å². The molecule has 0 unspecified atom stereocenters. The number of pyridine rings is 1. The molecule has 4 aromatic rings. The largest absolute Gasteiger partial charge is 0.504 e. The molecule has 0 spiro atoms. The number of nitro benzene ring substituents is 2. The molecule has 0 aliphatic carbocycles. The Balaban J connectivity index is 1.93. The Labute approximate surface area is 198 Å². The molecule has 0 saturated carbocycles. The fourth-order valence-corrected chi connectivity index (χ4v) is 3.58. The van der Waals surface area contributed by atoms with Crippen molar-refractivity contribution in [1.82, 2.24) is 9.38 Å². The van der Waals surface area contributed by atoms with E-state index >= 15 is 0 Å². The summed E-state index contributed by atoms with van der Waals surface area (Å²) >= 11 is 3.38. The van der Waals surface area contributed by atoms with Gasteiger partial charge in [0.2, 0.25) is 5.75 Å². The van der Waals surface area contributed by atoms with Crippen molar-refractivity contribution in [3.05, 3.63) is 78.9 Å². The molecule has 2 heterocycles. The zero-order valence-electron chi connectivity index (χ0n) is 17.2. The first-order valence-corrected chi connectivity index (χ1v) is 10.2. The summed E-state index contributed by atoms with van der Waals surface area (Å²) in [6.07, 6.45) is 2.77. The van der Waals surface area contributed by atoms with E-state index in [4.69, 9.17) is 4.74 Å². The van der Waals surface area contributed by atoms with Gasteiger partial charge in [0, 0.05) is 34.1 Å². The number of methoxy groups -OCH3 is 1. The summed E-state index contributed by atoms with van der Waals surface area (Å²) in [5.41, 5.74) is -0.204. The zero-order valence-corrected chi connectivity index (χ0v) is 18.8. The van der Waals surface area contributed by atoms with Crippen molar-refractivity contribution in [2.45, 2.75) is 0 Å². The highest BCUT2D eigenvalue weighted by atomic mass is 79.9. The Kier molecular flexibility index (Phi) is 5.86. The Bertz CT molecular complexity index is 1500. The van der Waals surface area contributed by atoms with Crippen molar-refractivity contribution < 1.29 is 24.8 Å². The number of ether oxygens (including phenoxy) is 1. The summed E-state index contributed by atoms with van der Waals surface area (Å²) in [7, 11) is 1.40. The van der Waals surface area contributed by atoms with Crippen LogP contribution in [0.3, 0.4) is 0 Å². The Morgan fingerprint density at radius 2 is 1.88 bits per heavy atom. The predicted octanol–water partition coefficient (Wildman–Crippen LogP) is 4.75. The maximum absolute atomic E-state index is 11.2. The number of aliphatic imine (C=N–C) groups is 1. The first-order valence-electron chi connectivity index (χ1n) is 9.44. The second kappa shape index (κ2) is 8.78. The maximum atomic E-state index is 11.2. The summed E-state index contributed by atoms with van der Waals surface area (Å²) in [5, 5.41) is 42.7. The van der Waals surface area contributed by atoms with Gasteiger partial charge in [-0.25, -0.2) is 9.98 Å². The third-order valence-electron chi connectivity index (χ3n) is 4.85. The Hall–Kier alpha value is -4.52. The van der Waals surface area contributed by atoms with Crippen LogP contribution in [0.25, 0.3) is 16.9 Å². The minimum atomic E-state index is -0.918. The maximum Gasteiger partial charge on any atom is 0.318 e. The molecule has 2 aromatic carbocycles. The van der Waals surface area contributed by atoms with Gasteiger partial charge in [-0.2, -0.15) is 0 Å². The van der Waals surface area contributed by atoms with Crippen LogP contribution >= 0.6 is 15.9 Å². The second-order valence-corrected chi connectivity index (χ2v) is 7.84. The number of imidazole rings is 1. The van der Waals surface area contributed by atoms with Gasteiger partial charge < -0.3 is 14.9 Å². The summed E-state index contributed by atoms with van der Waals surface area (Å²) < 4.78 is 7.49. The molecule has 2 N–H and O–H groups in total. The van der Waals surface area contributed by atoms with Crippen LogP contribution in [0.2, 0.25) is 0 Å². The van der Waals surface area contributed by atoms with Crippen LogP contribution in [0.1, 0.15) is 5.56 Å². The number of hydrogen-bond donors (Lipinski definition) is 2. The van der Waals surface area contributed by atoms with Crippen molar-refractivity contribution in [2.75, 3.05) is 7.11 Å². The van der Waals surface area contributed by atoms with E-state index in [0.717, 1.165) is 12.3 Å². The molecule has 0 amide bonds. The van der Waals surface area contributed by atoms with E-state index in [1.54, 1.807) is 34.9 Å². The molecule has 0 aliphatic rings. The zero-order chi connectivity index (χ0) is 24.6. The standard InChI is InChI=1S/C21H14BrN5O7/c1-34-17-7-11(2-4-16(17)28)19-21(25-10-13(22)3-5-18(25)24-19)23-9-12-6-14(26(30)31)8-15(20(12)29)27(32)33/h2-10,28-29H,1H3. The number of fused-ring (bicyclic) bond motifs is 1. The number of aromatic hydroxyl groups is 2. The Morgan fingerprint density at radius 1 is 1.12 bits per heavy atom. The molecular formula is C21H14BrN5O7. The van der Waals surface area contributed by atoms with E-state index in [1.807, 2.05) is 0 Å². The molecule has 34 heavy (non-hydrogen) atoms. The van der Waals surface area contributed by atoms with Gasteiger partial charge in [-0.3, -0.25) is 24.6 Å². The van der Waals surface area contributed by atoms with Gasteiger partial charge in [-0.05, 0) is 46.3 Å². The number of benzene rings is 2. The molecule has 0 saturated heterocycles. The number of nitro groups is 2. The van der Waals surface area contributed by atoms with Gasteiger partial charge in [0.1, 0.15) is 11.3 Å². The SMILES string of the molecule is COc1cc(-c2nc3ccc(Br)cn3c2N=Cc2cc([N+](=O)[O-])cc([N+](=O)[O-])c2O)ccc1O. The monoisotopic (exact) mass is 527 g/mol. The van der Waals surface area contributed by atoms with Crippen molar-refractivity contribution in [3.63, 3.8) is 0 Å². The molecular weight excluding hydrogens is 514 g/mol. The van der Waals surface area contributed by atoms with E-state index in [1.165, 1.54) is 13.2 Å². The molecule has 0 radical (unpaired) electrons. The van der Waals surface area contributed by atoms with Gasteiger partial charge >= 0.3 is 5.69 Å². The number of phenolic OH excluding ortho intramolecular Hbond substituents is 2. The minimum Gasteiger partial charge on any atom is -0.504 e. The number of aromatic nitrogens is 2. The quantitative estimate of drug-likeness (QED) is 0.206. The van der Waals surface area contributed by atoms with Crippen LogP contribution in [-0.4, -0.2) is 42.8 Å². The van der Waals surface area contributed by atoms with Crippen molar-refractivity contribution in [3.8, 4) is 28.5 Å². The fraction of sp³-hybridized carbons (Fsp3) is 0.0476. The number of non-ortho nitro benzene ring substituents is 1. The van der Waals surface area contributed by atoms with Gasteiger partial charge in [0.25, 0.3) is 5.69 Å². The fourth-order valence-electron chi connectivity index (χ4n) is 3.25. The third kappa shape index (κ3) is 4.11. The first-order chi connectivity index (χ1) is 16.2. The lowest BCUT2D eigenvalue weighted by molar-refractivity contribution is -0.394. The molecule has 172 valence electrons. The summed E-state index contributed by atoms with van der Waals surface area (Å²) in [6, 6.07) is 9.73. The van der Waals surface area contributed by atoms with Crippen molar-refractivity contribution in [1.29, 1.82) is 0 Å². The van der Waals surface area contributed by atoms with E-state index in [9.17, 15) is 30.4 Å². The summed E-state index contributed by atoms with van der Waals surface area (Å²) in [5.74, 6) is -0.367. The lowest BCUT2D eigenvalue weighted by Crippen LogP contribution is -1.96. The van der Waals surface area contributed by atoms with Crippen LogP contribution in [0.5, 0.6) is 17.2 Å². The van der Waals surface area contributed by atoms with Crippen molar-refractivity contribution in [2.24, 2.45) is 4.99 Å². The van der Waals surface area contributed by atoms with Crippen LogP contribution in [0.15, 0.2) is 58.1 Å². The van der Waals surface area contributed by atoms with Crippen LogP contribution < -0.4 is 4.74 Å². The molecule has 0 aliphatic heterocycles. The molecule has 4 rings (SSSR count). The Morgan fingerprint density at radius 3 is 2.56 bits per heavy atom. The van der Waals surface area contributed by atoms with Gasteiger partial charge in [-0.15, -0.1) is 0 Å². The number of rotatable bonds is 6. The second-order valence-electron chi connectivity index (χ2n) is 6.92. The number of nitrogens with zero attached hydrogens (tertiary/aromatic N) is 5. The van der Waals surface area contributed by atoms with Gasteiger partial charge in [-0.1, -0.05) is 0 Å². The summed E-state index contributed by atoms with van der Waals surface area (Å²) in [4.78, 5) is 29.7. The highest BCUT2D eigenvalue weighted by molar-refractivity contribution is 9.10. The molecule has 0 fully saturated rings. The van der Waals surface area contributed by atoms with E-state index in [0.29, 0.717) is 27.4 Å². The van der Waals surface area contributed by atoms with Crippen LogP contribution in [0.4, 0.5) is 17.2 Å². The highest BCUT2D eigenvalue weighted by Gasteiger charge is 2.23. The van der Waals surface area contributed by atoms with Crippen LogP contribution in [-0.2, 0) is 0 Å². The molecule has 2 aromatic heterocycles. The lowest BCUT2D eigenvalue weighted by Gasteiger charge is -2.06. The normalized spacial score (nSPS) is 11.2. The lowest BCUT2D eigenvalue weighted by atomic mass is 10.1. The number of hydrogen-bond acceptors (Lipinski definition) is 9. The number of halogens is 1. The smallest absolute Gasteiger partial charge is 0.318 e. The number of phenols is 2. The predicted molar refractivity (Wildman–Crippen MR) is 125 cm³/mol. The molecule has 12 nitrogen and oxygen atoms in total. The van der Waals surface area contributed by atoms with E-state index < -0.39 is 27.0 Å². The third-order valence-corrected chi connectivity index (χ3v) is 5.32. The average Bonchev–Trinajstić information content (AvgIpc) is 3.15. The van der Waals surface area contributed by atoms with Crippen molar-refractivity contribution >= 4 is 45.0 Å². The van der Waals surface area contributed by atoms with Crippen LogP contribution in [0, 0.1) is 20.2 Å². The molecule has 0 atom stereocenters. The first kappa shape index (κ1) is 22.7. The summed E-state index contributed by atoms with van der Waals surface area (Å²) in [6.45, 7) is 0. The molecule has 0 bridgehead atoms. The van der Waals surface area contributed by atoms with Gasteiger partial charge in [0.05, 0.1) is 23.0 Å².